The van der Waals surface area contributed by atoms with Crippen LogP contribution in [-0.2, 0) is 0 Å². The van der Waals surface area contributed by atoms with Gasteiger partial charge < -0.3 is 4.57 Å². The molecule has 0 spiro atoms. The molecular weight excluding hydrogens is 761 g/mol. The van der Waals surface area contributed by atoms with E-state index >= 15 is 0 Å². The van der Waals surface area contributed by atoms with E-state index in [0.717, 1.165) is 44.8 Å². The first-order valence-corrected chi connectivity index (χ1v) is 21.5. The van der Waals surface area contributed by atoms with E-state index in [4.69, 9.17) is 9.97 Å². The quantitative estimate of drug-likeness (QED) is 0.174. The summed E-state index contributed by atoms with van der Waals surface area (Å²) in [4.78, 5) is 10.7. The minimum absolute atomic E-state index is 0.640. The van der Waals surface area contributed by atoms with Crippen LogP contribution in [0.5, 0.6) is 0 Å². The average molecular weight is 795 g/mol. The third-order valence-electron chi connectivity index (χ3n) is 12.3. The van der Waals surface area contributed by atoms with Crippen LogP contribution >= 0.6 is 11.3 Å². The van der Waals surface area contributed by atoms with Gasteiger partial charge in [0.25, 0.3) is 0 Å². The summed E-state index contributed by atoms with van der Waals surface area (Å²) in [6.45, 7) is 0. The van der Waals surface area contributed by atoms with Crippen molar-refractivity contribution in [1.82, 2.24) is 19.1 Å². The number of para-hydroxylation sites is 2. The first-order chi connectivity index (χ1) is 30.3. The summed E-state index contributed by atoms with van der Waals surface area (Å²) in [5.41, 5.74) is 11.9. The number of thiophene rings is 1. The number of fused-ring (bicyclic) bond motifs is 12. The molecule has 284 valence electrons. The highest BCUT2D eigenvalue weighted by Gasteiger charge is 2.22. The fraction of sp³-hybridized carbons (Fsp3) is 0. The van der Waals surface area contributed by atoms with Crippen molar-refractivity contribution in [3.05, 3.63) is 206 Å². The van der Waals surface area contributed by atoms with Gasteiger partial charge in [-0.2, -0.15) is 0 Å². The van der Waals surface area contributed by atoms with Crippen LogP contribution < -0.4 is 0 Å². The number of hydrogen-bond donors (Lipinski definition) is 0. The molecule has 0 fully saturated rings. The van der Waals surface area contributed by atoms with Gasteiger partial charge in [0.1, 0.15) is 0 Å². The zero-order valence-corrected chi connectivity index (χ0v) is 33.6. The third kappa shape index (κ3) is 5.18. The molecular formula is C56H34N4S. The van der Waals surface area contributed by atoms with E-state index in [2.05, 4.69) is 203 Å². The van der Waals surface area contributed by atoms with E-state index < -0.39 is 0 Å². The van der Waals surface area contributed by atoms with Crippen molar-refractivity contribution in [3.63, 3.8) is 0 Å². The monoisotopic (exact) mass is 794 g/mol. The molecule has 4 nitrogen and oxygen atoms in total. The van der Waals surface area contributed by atoms with Gasteiger partial charge in [-0.3, -0.25) is 4.57 Å². The van der Waals surface area contributed by atoms with Gasteiger partial charge in [-0.15, -0.1) is 11.3 Å². The number of benzene rings is 9. The number of nitrogens with zero attached hydrogens (tertiary/aromatic N) is 4. The van der Waals surface area contributed by atoms with Crippen LogP contribution in [0.25, 0.3) is 120 Å². The summed E-state index contributed by atoms with van der Waals surface area (Å²) in [6.07, 6.45) is 0. The lowest BCUT2D eigenvalue weighted by Crippen LogP contribution is -2.04. The van der Waals surface area contributed by atoms with E-state index in [1.807, 2.05) is 23.5 Å². The predicted octanol–water partition coefficient (Wildman–Crippen LogP) is 15.2. The molecule has 9 aromatic carbocycles. The highest BCUT2D eigenvalue weighted by atomic mass is 32.1. The Morgan fingerprint density at radius 2 is 0.934 bits per heavy atom. The lowest BCUT2D eigenvalue weighted by Gasteiger charge is -2.14. The molecule has 0 aliphatic heterocycles. The minimum Gasteiger partial charge on any atom is -0.309 e. The second-order valence-electron chi connectivity index (χ2n) is 15.7. The summed E-state index contributed by atoms with van der Waals surface area (Å²) < 4.78 is 7.33. The molecule has 61 heavy (non-hydrogen) atoms. The van der Waals surface area contributed by atoms with Gasteiger partial charge in [-0.25, -0.2) is 9.97 Å². The molecule has 13 rings (SSSR count). The van der Waals surface area contributed by atoms with Gasteiger partial charge in [0, 0.05) is 58.5 Å². The summed E-state index contributed by atoms with van der Waals surface area (Å²) in [5, 5.41) is 9.91. The number of rotatable bonds is 5. The summed E-state index contributed by atoms with van der Waals surface area (Å²) >= 11 is 1.89. The minimum atomic E-state index is 0.640. The third-order valence-corrected chi connectivity index (χ3v) is 13.5. The molecule has 5 heteroatoms. The number of aromatic nitrogens is 4. The Balaban J connectivity index is 1.13. The van der Waals surface area contributed by atoms with Gasteiger partial charge >= 0.3 is 0 Å². The Kier molecular flexibility index (Phi) is 7.44. The van der Waals surface area contributed by atoms with Crippen molar-refractivity contribution >= 4 is 85.9 Å². The van der Waals surface area contributed by atoms with Crippen molar-refractivity contribution < 1.29 is 0 Å². The molecule has 0 unspecified atom stereocenters. The second-order valence-corrected chi connectivity index (χ2v) is 16.8. The maximum absolute atomic E-state index is 5.36. The normalized spacial score (nSPS) is 11.9. The second kappa shape index (κ2) is 13.3. The van der Waals surface area contributed by atoms with Crippen LogP contribution in [0.2, 0.25) is 0 Å². The fourth-order valence-electron chi connectivity index (χ4n) is 9.64. The Labute approximate surface area is 354 Å². The van der Waals surface area contributed by atoms with Crippen LogP contribution in [0.4, 0.5) is 0 Å². The first kappa shape index (κ1) is 34.0. The lowest BCUT2D eigenvalue weighted by molar-refractivity contribution is 0.996. The van der Waals surface area contributed by atoms with Crippen LogP contribution in [0.15, 0.2) is 206 Å². The van der Waals surface area contributed by atoms with Crippen molar-refractivity contribution in [3.8, 4) is 45.3 Å². The zero-order valence-electron chi connectivity index (χ0n) is 32.8. The average Bonchev–Trinajstić information content (AvgIpc) is 3.99. The van der Waals surface area contributed by atoms with Crippen molar-refractivity contribution in [1.29, 1.82) is 0 Å². The van der Waals surface area contributed by atoms with Crippen molar-refractivity contribution in [2.45, 2.75) is 0 Å². The van der Waals surface area contributed by atoms with Gasteiger partial charge in [-0.1, -0.05) is 152 Å². The number of hydrogen-bond acceptors (Lipinski definition) is 3. The Morgan fingerprint density at radius 3 is 1.67 bits per heavy atom. The first-order valence-electron chi connectivity index (χ1n) is 20.7. The van der Waals surface area contributed by atoms with E-state index in [1.165, 1.54) is 69.1 Å². The van der Waals surface area contributed by atoms with Gasteiger partial charge in [-0.05, 0) is 76.5 Å². The van der Waals surface area contributed by atoms with Crippen LogP contribution in [0.1, 0.15) is 0 Å². The molecule has 0 saturated carbocycles. The van der Waals surface area contributed by atoms with Crippen LogP contribution in [0, 0.1) is 0 Å². The summed E-state index contributed by atoms with van der Waals surface area (Å²) in [7, 11) is 0. The maximum atomic E-state index is 5.36. The summed E-state index contributed by atoms with van der Waals surface area (Å²) in [5.74, 6) is 0.640. The maximum Gasteiger partial charge on any atom is 0.235 e. The highest BCUT2D eigenvalue weighted by Crippen LogP contribution is 2.46. The highest BCUT2D eigenvalue weighted by molar-refractivity contribution is 7.26. The van der Waals surface area contributed by atoms with Gasteiger partial charge in [0.05, 0.1) is 33.5 Å². The lowest BCUT2D eigenvalue weighted by atomic mass is 9.94. The molecule has 0 bridgehead atoms. The molecule has 4 heterocycles. The largest absolute Gasteiger partial charge is 0.309 e. The molecule has 13 aromatic rings. The zero-order chi connectivity index (χ0) is 40.0. The van der Waals surface area contributed by atoms with Gasteiger partial charge in [0.15, 0.2) is 0 Å². The standard InChI is InChI=1S/C56H34N4S/c1-4-16-35(17-5-1)46-34-47(36-18-6-2-7-19-36)58-56(57-46)60-48-26-14-12-25-43(48)53-41-24-11-10-22-39(41)44(33-51(53)60)37-28-30-49-45(32-37)54-50(59(49)38-20-8-3-9-21-38)31-29-42-40-23-13-15-27-52(40)61-55(42)54/h1-34H. The smallest absolute Gasteiger partial charge is 0.235 e. The topological polar surface area (TPSA) is 35.6 Å². The molecule has 4 aromatic heterocycles. The molecule has 0 atom stereocenters. The Hall–Kier alpha value is -7.86. The Bertz CT molecular complexity index is 3800. The van der Waals surface area contributed by atoms with Crippen LogP contribution in [0.3, 0.4) is 0 Å². The molecule has 0 N–H and O–H groups in total. The SMILES string of the molecule is c1ccc(-c2cc(-c3ccccc3)nc(-n3c4ccccc4c4c5ccccc5c(-c5ccc6c(c5)c5c7sc8ccccc8c7ccc5n6-c5ccccc5)cc43)n2)cc1. The van der Waals surface area contributed by atoms with E-state index in [1.54, 1.807) is 0 Å². The summed E-state index contributed by atoms with van der Waals surface area (Å²) in [6, 6.07) is 74.1. The molecule has 0 amide bonds. The van der Waals surface area contributed by atoms with E-state index in [9.17, 15) is 0 Å². The predicted molar refractivity (Wildman–Crippen MR) is 257 cm³/mol. The molecule has 0 aliphatic carbocycles. The molecule has 0 aliphatic rings. The van der Waals surface area contributed by atoms with Crippen molar-refractivity contribution in [2.75, 3.05) is 0 Å². The van der Waals surface area contributed by atoms with E-state index in [-0.39, 0.29) is 0 Å². The van der Waals surface area contributed by atoms with Gasteiger partial charge in [0.2, 0.25) is 5.95 Å². The van der Waals surface area contributed by atoms with E-state index in [0.29, 0.717) is 5.95 Å². The fourth-order valence-corrected chi connectivity index (χ4v) is 10.9. The molecule has 0 radical (unpaired) electrons. The van der Waals surface area contributed by atoms with Crippen molar-refractivity contribution in [2.24, 2.45) is 0 Å². The van der Waals surface area contributed by atoms with Crippen LogP contribution in [-0.4, -0.2) is 19.1 Å². The molecule has 0 saturated heterocycles. The Morgan fingerprint density at radius 1 is 0.344 bits per heavy atom.